The largest absolute Gasteiger partial charge is 0.512 e. The van der Waals surface area contributed by atoms with Gasteiger partial charge in [-0.3, -0.25) is 39.1 Å². The van der Waals surface area contributed by atoms with Gasteiger partial charge in [-0.15, -0.1) is 189 Å². The molecule has 20 heteroatoms. The second-order valence-electron chi connectivity index (χ2n) is 27.8. The molecule has 12 nitrogen and oxygen atoms in total. The van der Waals surface area contributed by atoms with Crippen LogP contribution < -0.4 is 0 Å². The average molecular weight is 2400 g/mol. The molecule has 0 amide bonds. The van der Waals surface area contributed by atoms with Crippen molar-refractivity contribution in [3.05, 3.63) is 360 Å². The van der Waals surface area contributed by atoms with Crippen molar-refractivity contribution in [3.8, 4) is 86.8 Å². The number of aliphatic hydroxyl groups is 4. The Morgan fingerprint density at radius 2 is 0.541 bits per heavy atom. The molecule has 0 bridgehead atoms. The number of carbonyl (C=O) groups is 4. The average Bonchev–Trinajstić information content (AvgIpc) is 1.63. The zero-order valence-corrected chi connectivity index (χ0v) is 82.6. The van der Waals surface area contributed by atoms with Crippen LogP contribution in [0.3, 0.4) is 0 Å². The van der Waals surface area contributed by atoms with E-state index in [1.165, 1.54) is 176 Å². The monoisotopic (exact) mass is 2400 g/mol. The Hall–Kier alpha value is -10.4. The predicted molar refractivity (Wildman–Crippen MR) is 494 cm³/mol. The molecule has 0 atom stereocenters. The first-order valence-electron chi connectivity index (χ1n) is 37.8. The van der Waals surface area contributed by atoms with Crippen molar-refractivity contribution in [2.24, 2.45) is 0 Å². The van der Waals surface area contributed by atoms with Crippen molar-refractivity contribution in [1.29, 1.82) is 0 Å². The van der Waals surface area contributed by atoms with E-state index in [0.29, 0.717) is 0 Å². The molecule has 8 heterocycles. The van der Waals surface area contributed by atoms with Gasteiger partial charge in [0.15, 0.2) is 23.1 Å². The number of hydrogen-bond donors (Lipinski definition) is 4. The van der Waals surface area contributed by atoms with Crippen molar-refractivity contribution < 1.29 is 120 Å². The summed E-state index contributed by atoms with van der Waals surface area (Å²) in [7, 11) is 0. The van der Waals surface area contributed by atoms with Gasteiger partial charge >= 0.3 is 0 Å². The first-order valence-corrected chi connectivity index (χ1v) is 41.1. The Morgan fingerprint density at radius 3 is 0.803 bits per heavy atom. The van der Waals surface area contributed by atoms with E-state index in [1.54, 1.807) is 45.3 Å². The Kier molecular flexibility index (Phi) is 42.6. The molecular weight excluding hydrogens is 2310 g/mol. The number of pyridine rings is 4. The van der Waals surface area contributed by atoms with Crippen LogP contribution >= 0.6 is 45.3 Å². The molecule has 8 aromatic carbocycles. The molecule has 8 aromatic heterocycles. The van der Waals surface area contributed by atoms with E-state index in [1.807, 2.05) is 97.1 Å². The Bertz CT molecular complexity index is 6040. The van der Waals surface area contributed by atoms with Gasteiger partial charge in [-0.25, -0.2) is 0 Å². The minimum Gasteiger partial charge on any atom is -0.512 e. The van der Waals surface area contributed by atoms with Crippen LogP contribution in [0.25, 0.3) is 128 Å². The molecule has 16 rings (SSSR count). The van der Waals surface area contributed by atoms with Crippen LogP contribution in [-0.2, 0) is 99.6 Å². The summed E-state index contributed by atoms with van der Waals surface area (Å²) in [5, 5.41) is 38.2. The molecule has 122 heavy (non-hydrogen) atoms. The van der Waals surface area contributed by atoms with E-state index in [9.17, 15) is 19.2 Å². The minimum absolute atomic E-state index is 0. The molecule has 632 valence electrons. The van der Waals surface area contributed by atoms with Crippen LogP contribution in [0.1, 0.15) is 88.8 Å². The van der Waals surface area contributed by atoms with Gasteiger partial charge in [-0.05, 0) is 188 Å². The van der Waals surface area contributed by atoms with Gasteiger partial charge in [0.05, 0.1) is 23.0 Å². The van der Waals surface area contributed by atoms with E-state index in [2.05, 4.69) is 224 Å². The van der Waals surface area contributed by atoms with Crippen LogP contribution in [-0.4, -0.2) is 63.5 Å². The molecule has 0 saturated heterocycles. The number of rotatable bonds is 12. The Labute approximate surface area is 785 Å². The number of ketones is 4. The molecule has 0 saturated carbocycles. The minimum atomic E-state index is -0.125. The Balaban J connectivity index is 0.000000259. The number of thiophene rings is 4. The molecule has 0 fully saturated rings. The van der Waals surface area contributed by atoms with Crippen molar-refractivity contribution in [2.45, 2.75) is 96.9 Å². The van der Waals surface area contributed by atoms with Gasteiger partial charge in [0.25, 0.3) is 0 Å². The van der Waals surface area contributed by atoms with E-state index in [0.717, 1.165) is 64.4 Å². The number of aryl methyl sites for hydroxylation is 6. The zero-order chi connectivity index (χ0) is 85.0. The number of hydrogen-bond acceptors (Lipinski definition) is 16. The number of aromatic nitrogens is 4. The van der Waals surface area contributed by atoms with Crippen LogP contribution in [0.5, 0.6) is 0 Å². The second-order valence-corrected chi connectivity index (χ2v) is 31.9. The van der Waals surface area contributed by atoms with Crippen LogP contribution in [0.4, 0.5) is 0 Å². The standard InChI is InChI=1S/C22H18NS.C21H16NS.C20H14NS.C19H12NS.4C5H8O2.4Ir/c1-14-11-15(2)21(16(3)12-14)20-13-18-9-10-19(23-22(18)24-20)17-7-5-4-6-8-17;1-14-7-6-8-15(2)20(14)19-13-17-11-12-18(22-21(17)23-19)16-9-4-3-5-10-16;1-14-7-9-16(10-8-14)19-13-17-11-12-18(21-20(17)22-19)15-5-3-2-4-6-15;1-3-7-14(8-4-1)17-12-11-16-13-18(21-19(16)20-17)15-9-5-2-6-10-15;4*1-4(6)3-5(2)7;;;;/h4-7,9-13H,1-3H3;3-9,11-13H,1-2H3;2-5,7-13H,1H3;1-7,9-13H;4*3,6H,1-2H3;;;;/q4*-1;;;;;;;;. The van der Waals surface area contributed by atoms with Crippen LogP contribution in [0, 0.1) is 65.8 Å². The fourth-order valence-electron chi connectivity index (χ4n) is 12.3. The summed E-state index contributed by atoms with van der Waals surface area (Å²) in [5.41, 5.74) is 21.1. The van der Waals surface area contributed by atoms with Gasteiger partial charge < -0.3 is 20.4 Å². The number of fused-ring (bicyclic) bond motifs is 4. The van der Waals surface area contributed by atoms with E-state index in [-0.39, 0.29) is 127 Å². The fraction of sp³-hybridized carbons (Fsp3) is 0.137. The summed E-state index contributed by atoms with van der Waals surface area (Å²) in [5.74, 6) is -0.250. The molecule has 0 spiro atoms. The van der Waals surface area contributed by atoms with Crippen molar-refractivity contribution in [2.75, 3.05) is 0 Å². The summed E-state index contributed by atoms with van der Waals surface area (Å²) in [4.78, 5) is 68.8. The molecule has 0 aliphatic carbocycles. The zero-order valence-electron chi connectivity index (χ0n) is 69.7. The predicted octanol–water partition coefficient (Wildman–Crippen LogP) is 27.7. The molecule has 4 N–H and O–H groups in total. The number of carbonyl (C=O) groups excluding carboxylic acids is 4. The van der Waals surface area contributed by atoms with Crippen molar-refractivity contribution in [3.63, 3.8) is 0 Å². The van der Waals surface area contributed by atoms with Gasteiger partial charge in [-0.2, -0.15) is 0 Å². The van der Waals surface area contributed by atoms with Gasteiger partial charge in [0.2, 0.25) is 0 Å². The molecule has 0 unspecified atom stereocenters. The van der Waals surface area contributed by atoms with Crippen LogP contribution in [0.2, 0.25) is 0 Å². The number of allylic oxidation sites excluding steroid dienone is 8. The molecular formula is C102H92Ir4N4O8S4-4. The maximum atomic E-state index is 10.0. The Morgan fingerprint density at radius 1 is 0.279 bits per heavy atom. The van der Waals surface area contributed by atoms with Crippen molar-refractivity contribution >= 4 is 109 Å². The van der Waals surface area contributed by atoms with E-state index in [4.69, 9.17) is 40.4 Å². The van der Waals surface area contributed by atoms with Gasteiger partial charge in [-0.1, -0.05) is 145 Å². The quantitative estimate of drug-likeness (QED) is 0.0513. The van der Waals surface area contributed by atoms with Crippen molar-refractivity contribution in [1.82, 2.24) is 19.9 Å². The third kappa shape index (κ3) is 31.8. The number of benzene rings is 8. The summed E-state index contributed by atoms with van der Waals surface area (Å²) in [6.45, 7) is 24.4. The van der Waals surface area contributed by atoms with Gasteiger partial charge in [0.1, 0.15) is 19.3 Å². The smallest absolute Gasteiger partial charge is 0.155 e. The molecule has 4 radical (unpaired) electrons. The molecule has 16 aromatic rings. The number of aliphatic hydroxyl groups excluding tert-OH is 4. The molecule has 0 aliphatic heterocycles. The third-order valence-electron chi connectivity index (χ3n) is 17.2. The summed E-state index contributed by atoms with van der Waals surface area (Å²) in [6.07, 6.45) is 4.67. The second kappa shape index (κ2) is 50.9. The SMILES string of the molecule is CC(=O)C=C(C)O.CC(=O)C=C(C)O.CC(=O)C=C(C)O.CC(=O)C=C(C)O.Cc1cc(C)c(-c2cc3ccc(-c4[c-]cccc4)nc3s2)c(C)c1.Cc1ccc(-c2cc3ccc(-c4[c-]cccc4)nc3s2)cc1.Cc1cccc(C)c1-c1cc2ccc(-c3[c-]cccc3)nc2s1.[Ir].[Ir].[Ir].[Ir].[c-]1ccccc1-c1ccc2cc(-c3ccccc3)sc2n1. The normalized spacial score (nSPS) is 10.7. The maximum Gasteiger partial charge on any atom is 0.155 e. The maximum absolute atomic E-state index is 10.0. The van der Waals surface area contributed by atoms with E-state index >= 15 is 0 Å². The first kappa shape index (κ1) is 102. The summed E-state index contributed by atoms with van der Waals surface area (Å²) in [6, 6.07) is 101. The topological polar surface area (TPSA) is 201 Å². The third-order valence-corrected chi connectivity index (χ3v) is 21.5. The first-order chi connectivity index (χ1) is 56.5. The summed E-state index contributed by atoms with van der Waals surface area (Å²) >= 11 is 7.01. The fourth-order valence-corrected chi connectivity index (χ4v) is 16.8. The van der Waals surface area contributed by atoms with E-state index < -0.39 is 0 Å². The van der Waals surface area contributed by atoms with Crippen LogP contribution in [0.15, 0.2) is 302 Å². The number of nitrogens with zero attached hydrogens (tertiary/aromatic N) is 4. The van der Waals surface area contributed by atoms with Gasteiger partial charge in [0, 0.05) is 146 Å². The molecule has 0 aliphatic rings. The summed E-state index contributed by atoms with van der Waals surface area (Å²) < 4.78 is 0.